The molecule has 3 rings (SSSR count). The monoisotopic (exact) mass is 301 g/mol. The van der Waals surface area contributed by atoms with E-state index in [1.165, 1.54) is 11.1 Å². The molecule has 0 spiro atoms. The molecule has 0 radical (unpaired) electrons. The van der Waals surface area contributed by atoms with Crippen LogP contribution in [0.2, 0.25) is 0 Å². The number of piperidine rings is 1. The summed E-state index contributed by atoms with van der Waals surface area (Å²) in [5, 5.41) is 3.33. The van der Waals surface area contributed by atoms with E-state index >= 15 is 0 Å². The summed E-state index contributed by atoms with van der Waals surface area (Å²) < 4.78 is 0. The summed E-state index contributed by atoms with van der Waals surface area (Å²) in [6, 6.07) is 8.72. The Balaban J connectivity index is 1.48. The predicted octanol–water partition coefficient (Wildman–Crippen LogP) is 1.64. The molecule has 0 saturated carbocycles. The van der Waals surface area contributed by atoms with Crippen molar-refractivity contribution in [1.82, 2.24) is 15.1 Å². The van der Waals surface area contributed by atoms with E-state index in [1.807, 2.05) is 0 Å². The zero-order valence-corrected chi connectivity index (χ0v) is 13.6. The average molecular weight is 301 g/mol. The van der Waals surface area contributed by atoms with Gasteiger partial charge in [0.25, 0.3) is 0 Å². The number of hydrogen-bond acceptors (Lipinski definition) is 3. The van der Waals surface area contributed by atoms with Crippen LogP contribution in [0.25, 0.3) is 0 Å². The normalized spacial score (nSPS) is 21.0. The molecule has 0 aromatic heterocycles. The number of hydrogen-bond donors (Lipinski definition) is 1. The minimum atomic E-state index is 0.254. The van der Waals surface area contributed by atoms with Gasteiger partial charge in [-0.1, -0.05) is 29.8 Å². The number of carbonyl (C=O) groups excluding carboxylic acids is 1. The molecule has 0 bridgehead atoms. The molecule has 1 N–H and O–H groups in total. The Hall–Kier alpha value is -1.39. The second-order valence-electron chi connectivity index (χ2n) is 6.61. The fourth-order valence-corrected chi connectivity index (χ4v) is 3.52. The molecule has 0 atom stereocenters. The molecule has 4 nitrogen and oxygen atoms in total. The fraction of sp³-hybridized carbons (Fsp3) is 0.611. The van der Waals surface area contributed by atoms with Gasteiger partial charge >= 0.3 is 0 Å². The van der Waals surface area contributed by atoms with Crippen molar-refractivity contribution in [2.75, 3.05) is 39.3 Å². The number of piperazine rings is 1. The topological polar surface area (TPSA) is 35.6 Å². The van der Waals surface area contributed by atoms with Crippen LogP contribution in [0, 0.1) is 12.8 Å². The van der Waals surface area contributed by atoms with Crippen LogP contribution in [0.3, 0.4) is 0 Å². The van der Waals surface area contributed by atoms with Crippen molar-refractivity contribution >= 4 is 5.91 Å². The highest BCUT2D eigenvalue weighted by atomic mass is 16.2. The van der Waals surface area contributed by atoms with Gasteiger partial charge < -0.3 is 10.2 Å². The molecule has 2 aliphatic heterocycles. The summed E-state index contributed by atoms with van der Waals surface area (Å²) in [7, 11) is 0. The van der Waals surface area contributed by atoms with Crippen molar-refractivity contribution in [3.8, 4) is 0 Å². The molecular formula is C18H27N3O. The van der Waals surface area contributed by atoms with E-state index in [0.717, 1.165) is 58.7 Å². The second-order valence-corrected chi connectivity index (χ2v) is 6.61. The largest absolute Gasteiger partial charge is 0.340 e. The SMILES string of the molecule is Cc1cccc(CN2CCN(C(=O)C3CCNCC3)CC2)c1. The zero-order chi connectivity index (χ0) is 15.4. The molecule has 2 heterocycles. The molecule has 120 valence electrons. The summed E-state index contributed by atoms with van der Waals surface area (Å²) in [6.45, 7) is 8.86. The van der Waals surface area contributed by atoms with Crippen molar-refractivity contribution in [3.63, 3.8) is 0 Å². The molecule has 0 unspecified atom stereocenters. The van der Waals surface area contributed by atoms with Gasteiger partial charge in [-0.05, 0) is 38.4 Å². The molecular weight excluding hydrogens is 274 g/mol. The van der Waals surface area contributed by atoms with Crippen molar-refractivity contribution in [1.29, 1.82) is 0 Å². The lowest BCUT2D eigenvalue weighted by Gasteiger charge is -2.37. The first-order chi connectivity index (χ1) is 10.7. The maximum atomic E-state index is 12.5. The molecule has 2 fully saturated rings. The van der Waals surface area contributed by atoms with E-state index in [9.17, 15) is 4.79 Å². The van der Waals surface area contributed by atoms with E-state index in [2.05, 4.69) is 46.3 Å². The molecule has 2 saturated heterocycles. The maximum Gasteiger partial charge on any atom is 0.225 e. The molecule has 22 heavy (non-hydrogen) atoms. The van der Waals surface area contributed by atoms with Crippen LogP contribution in [0.15, 0.2) is 24.3 Å². The van der Waals surface area contributed by atoms with E-state index in [4.69, 9.17) is 0 Å². The number of amides is 1. The van der Waals surface area contributed by atoms with Crippen LogP contribution in [0.5, 0.6) is 0 Å². The smallest absolute Gasteiger partial charge is 0.225 e. The third-order valence-electron chi connectivity index (χ3n) is 4.86. The quantitative estimate of drug-likeness (QED) is 0.922. The average Bonchev–Trinajstić information content (AvgIpc) is 2.56. The number of nitrogens with zero attached hydrogens (tertiary/aromatic N) is 2. The van der Waals surface area contributed by atoms with E-state index in [0.29, 0.717) is 5.91 Å². The van der Waals surface area contributed by atoms with Crippen LogP contribution < -0.4 is 5.32 Å². The lowest BCUT2D eigenvalue weighted by Crippen LogP contribution is -2.51. The third kappa shape index (κ3) is 3.87. The molecule has 1 amide bonds. The number of benzene rings is 1. The fourth-order valence-electron chi connectivity index (χ4n) is 3.52. The van der Waals surface area contributed by atoms with Crippen LogP contribution in [0.1, 0.15) is 24.0 Å². The molecule has 4 heteroatoms. The second kappa shape index (κ2) is 7.25. The Morgan fingerprint density at radius 1 is 1.18 bits per heavy atom. The van der Waals surface area contributed by atoms with Crippen LogP contribution >= 0.6 is 0 Å². The Morgan fingerprint density at radius 3 is 2.59 bits per heavy atom. The lowest BCUT2D eigenvalue weighted by molar-refractivity contribution is -0.138. The van der Waals surface area contributed by atoms with Gasteiger partial charge in [0.1, 0.15) is 0 Å². The number of aryl methyl sites for hydroxylation is 1. The van der Waals surface area contributed by atoms with Gasteiger partial charge in [0, 0.05) is 38.6 Å². The third-order valence-corrected chi connectivity index (χ3v) is 4.86. The summed E-state index contributed by atoms with van der Waals surface area (Å²) in [4.78, 5) is 17.1. The highest BCUT2D eigenvalue weighted by Gasteiger charge is 2.28. The number of carbonyl (C=O) groups is 1. The van der Waals surface area contributed by atoms with Gasteiger partial charge in [0.05, 0.1) is 0 Å². The van der Waals surface area contributed by atoms with Gasteiger partial charge in [-0.3, -0.25) is 9.69 Å². The van der Waals surface area contributed by atoms with E-state index in [-0.39, 0.29) is 5.92 Å². The van der Waals surface area contributed by atoms with Crippen molar-refractivity contribution in [2.24, 2.45) is 5.92 Å². The van der Waals surface area contributed by atoms with Crippen LogP contribution in [-0.4, -0.2) is 55.0 Å². The first-order valence-electron chi connectivity index (χ1n) is 8.50. The summed E-state index contributed by atoms with van der Waals surface area (Å²) in [6.07, 6.45) is 2.00. The minimum Gasteiger partial charge on any atom is -0.340 e. The Morgan fingerprint density at radius 2 is 1.91 bits per heavy atom. The van der Waals surface area contributed by atoms with Gasteiger partial charge in [0.2, 0.25) is 5.91 Å². The first-order valence-corrected chi connectivity index (χ1v) is 8.50. The van der Waals surface area contributed by atoms with Gasteiger partial charge in [-0.2, -0.15) is 0 Å². The summed E-state index contributed by atoms with van der Waals surface area (Å²) in [5.74, 6) is 0.640. The maximum absolute atomic E-state index is 12.5. The predicted molar refractivity (Wildman–Crippen MR) is 88.6 cm³/mol. The van der Waals surface area contributed by atoms with Gasteiger partial charge in [-0.15, -0.1) is 0 Å². The Bertz CT molecular complexity index is 503. The summed E-state index contributed by atoms with van der Waals surface area (Å²) in [5.41, 5.74) is 2.69. The zero-order valence-electron chi connectivity index (χ0n) is 13.6. The standard InChI is InChI=1S/C18H27N3O/c1-15-3-2-4-16(13-15)14-20-9-11-21(12-10-20)18(22)17-5-7-19-8-6-17/h2-4,13,17,19H,5-12,14H2,1H3. The highest BCUT2D eigenvalue weighted by molar-refractivity contribution is 5.79. The highest BCUT2D eigenvalue weighted by Crippen LogP contribution is 2.17. The first kappa shape index (κ1) is 15.5. The molecule has 1 aromatic rings. The van der Waals surface area contributed by atoms with Crippen LogP contribution in [-0.2, 0) is 11.3 Å². The number of rotatable bonds is 3. The van der Waals surface area contributed by atoms with Crippen molar-refractivity contribution in [3.05, 3.63) is 35.4 Å². The molecule has 0 aliphatic carbocycles. The lowest BCUT2D eigenvalue weighted by atomic mass is 9.96. The summed E-state index contributed by atoms with van der Waals surface area (Å²) >= 11 is 0. The van der Waals surface area contributed by atoms with Crippen molar-refractivity contribution in [2.45, 2.75) is 26.3 Å². The van der Waals surface area contributed by atoms with Crippen LogP contribution in [0.4, 0.5) is 0 Å². The Labute approximate surface area is 133 Å². The molecule has 1 aromatic carbocycles. The minimum absolute atomic E-state index is 0.254. The number of nitrogens with one attached hydrogen (secondary N) is 1. The van der Waals surface area contributed by atoms with Crippen molar-refractivity contribution < 1.29 is 4.79 Å². The van der Waals surface area contributed by atoms with E-state index in [1.54, 1.807) is 0 Å². The Kier molecular flexibility index (Phi) is 5.11. The van der Waals surface area contributed by atoms with E-state index < -0.39 is 0 Å². The molecule has 2 aliphatic rings. The van der Waals surface area contributed by atoms with Gasteiger partial charge in [0.15, 0.2) is 0 Å². The van der Waals surface area contributed by atoms with Gasteiger partial charge in [-0.25, -0.2) is 0 Å².